The first kappa shape index (κ1) is 14.4. The van der Waals surface area contributed by atoms with Gasteiger partial charge in [0.2, 0.25) is 0 Å². The molecule has 19 heavy (non-hydrogen) atoms. The minimum absolute atomic E-state index is 0.427. The fourth-order valence-electron chi connectivity index (χ4n) is 2.11. The predicted octanol–water partition coefficient (Wildman–Crippen LogP) is 3.40. The van der Waals surface area contributed by atoms with Crippen LogP contribution in [0.15, 0.2) is 22.7 Å². The van der Waals surface area contributed by atoms with Crippen molar-refractivity contribution in [2.24, 2.45) is 5.92 Å². The van der Waals surface area contributed by atoms with Gasteiger partial charge in [-0.05, 0) is 36.5 Å². The Labute approximate surface area is 117 Å². The van der Waals surface area contributed by atoms with Crippen molar-refractivity contribution < 1.29 is 18.0 Å². The maximum atomic E-state index is 12.5. The van der Waals surface area contributed by atoms with E-state index in [4.69, 9.17) is 0 Å². The third-order valence-electron chi connectivity index (χ3n) is 3.29. The van der Waals surface area contributed by atoms with E-state index in [1.165, 1.54) is 6.07 Å². The quantitative estimate of drug-likeness (QED) is 0.826. The van der Waals surface area contributed by atoms with Gasteiger partial charge in [0.15, 0.2) is 0 Å². The first-order valence-corrected chi connectivity index (χ1v) is 6.68. The van der Waals surface area contributed by atoms with Crippen molar-refractivity contribution >= 4 is 22.3 Å². The number of nitrogens with zero attached hydrogens (tertiary/aromatic N) is 1. The van der Waals surface area contributed by atoms with Gasteiger partial charge in [0.05, 0.1) is 5.56 Å². The SMILES string of the molecule is O=[C]N1CC(CCc2ccc(C(F)(F)F)cc2Br)C1. The minimum atomic E-state index is -4.31. The number of carbonyl (C=O) groups excluding carboxylic acids is 1. The van der Waals surface area contributed by atoms with E-state index in [1.54, 1.807) is 4.90 Å². The molecule has 1 amide bonds. The molecular weight excluding hydrogens is 323 g/mol. The highest BCUT2D eigenvalue weighted by atomic mass is 79.9. The van der Waals surface area contributed by atoms with Crippen molar-refractivity contribution in [1.29, 1.82) is 0 Å². The van der Waals surface area contributed by atoms with E-state index in [1.807, 2.05) is 6.41 Å². The summed E-state index contributed by atoms with van der Waals surface area (Å²) < 4.78 is 38.0. The average Bonchev–Trinajstić information content (AvgIpc) is 2.27. The predicted molar refractivity (Wildman–Crippen MR) is 68.2 cm³/mol. The Morgan fingerprint density at radius 3 is 2.58 bits per heavy atom. The summed E-state index contributed by atoms with van der Waals surface area (Å²) in [6, 6.07) is 3.73. The van der Waals surface area contributed by atoms with E-state index in [-0.39, 0.29) is 0 Å². The molecule has 0 N–H and O–H groups in total. The summed E-state index contributed by atoms with van der Waals surface area (Å²) in [6.07, 6.45) is -0.928. The molecule has 0 unspecified atom stereocenters. The Balaban J connectivity index is 1.93. The van der Waals surface area contributed by atoms with Crippen molar-refractivity contribution in [3.05, 3.63) is 33.8 Å². The smallest absolute Gasteiger partial charge is 0.334 e. The number of alkyl halides is 3. The van der Waals surface area contributed by atoms with Crippen LogP contribution in [0.2, 0.25) is 0 Å². The third kappa shape index (κ3) is 3.49. The second kappa shape index (κ2) is 5.53. The molecule has 1 aromatic rings. The maximum absolute atomic E-state index is 12.5. The highest BCUT2D eigenvalue weighted by Crippen LogP contribution is 2.33. The zero-order chi connectivity index (χ0) is 14.0. The lowest BCUT2D eigenvalue weighted by Crippen LogP contribution is -2.45. The Hall–Kier alpha value is -1.04. The molecule has 103 valence electrons. The fourth-order valence-corrected chi connectivity index (χ4v) is 2.69. The third-order valence-corrected chi connectivity index (χ3v) is 4.03. The molecule has 1 aromatic carbocycles. The Morgan fingerprint density at radius 1 is 1.37 bits per heavy atom. The van der Waals surface area contributed by atoms with Crippen molar-refractivity contribution in [3.8, 4) is 0 Å². The normalized spacial score (nSPS) is 16.3. The molecule has 6 heteroatoms. The van der Waals surface area contributed by atoms with E-state index in [0.29, 0.717) is 29.9 Å². The second-order valence-corrected chi connectivity index (χ2v) is 5.56. The summed E-state index contributed by atoms with van der Waals surface area (Å²) >= 11 is 3.18. The van der Waals surface area contributed by atoms with Crippen LogP contribution in [-0.4, -0.2) is 24.4 Å². The van der Waals surface area contributed by atoms with Crippen LogP contribution in [0.25, 0.3) is 0 Å². The first-order chi connectivity index (χ1) is 8.90. The van der Waals surface area contributed by atoms with Crippen molar-refractivity contribution in [2.45, 2.75) is 19.0 Å². The Morgan fingerprint density at radius 2 is 2.05 bits per heavy atom. The van der Waals surface area contributed by atoms with E-state index in [2.05, 4.69) is 15.9 Å². The molecule has 2 rings (SSSR count). The summed E-state index contributed by atoms with van der Waals surface area (Å²) in [7, 11) is 0. The van der Waals surface area contributed by atoms with Crippen molar-refractivity contribution in [3.63, 3.8) is 0 Å². The van der Waals surface area contributed by atoms with Gasteiger partial charge >= 0.3 is 12.6 Å². The van der Waals surface area contributed by atoms with Gasteiger partial charge in [-0.15, -0.1) is 0 Å². The van der Waals surface area contributed by atoms with Gasteiger partial charge < -0.3 is 4.90 Å². The monoisotopic (exact) mass is 334 g/mol. The van der Waals surface area contributed by atoms with Crippen molar-refractivity contribution in [1.82, 2.24) is 4.90 Å². The number of benzene rings is 1. The van der Waals surface area contributed by atoms with Crippen LogP contribution >= 0.6 is 15.9 Å². The molecule has 0 aliphatic carbocycles. The molecular formula is C13H12BrF3NO. The van der Waals surface area contributed by atoms with Gasteiger partial charge in [0.25, 0.3) is 0 Å². The fraction of sp³-hybridized carbons (Fsp3) is 0.462. The topological polar surface area (TPSA) is 20.3 Å². The van der Waals surface area contributed by atoms with Crippen LogP contribution in [0, 0.1) is 5.92 Å². The van der Waals surface area contributed by atoms with Crippen LogP contribution in [0.1, 0.15) is 17.5 Å². The van der Waals surface area contributed by atoms with Crippen molar-refractivity contribution in [2.75, 3.05) is 13.1 Å². The van der Waals surface area contributed by atoms with Crippen LogP contribution < -0.4 is 0 Å². The van der Waals surface area contributed by atoms with E-state index in [9.17, 15) is 18.0 Å². The molecule has 1 fully saturated rings. The number of likely N-dealkylation sites (tertiary alicyclic amines) is 1. The molecule has 0 spiro atoms. The van der Waals surface area contributed by atoms with Gasteiger partial charge in [0, 0.05) is 17.6 Å². The van der Waals surface area contributed by atoms with E-state index >= 15 is 0 Å². The molecule has 1 saturated heterocycles. The van der Waals surface area contributed by atoms with E-state index < -0.39 is 11.7 Å². The number of hydrogen-bond acceptors (Lipinski definition) is 1. The lowest BCUT2D eigenvalue weighted by molar-refractivity contribution is -0.137. The van der Waals surface area contributed by atoms with Gasteiger partial charge in [-0.3, -0.25) is 4.79 Å². The minimum Gasteiger partial charge on any atom is -0.334 e. The highest BCUT2D eigenvalue weighted by Gasteiger charge is 2.31. The first-order valence-electron chi connectivity index (χ1n) is 5.88. The zero-order valence-corrected chi connectivity index (χ0v) is 11.6. The lowest BCUT2D eigenvalue weighted by atomic mass is 9.93. The summed E-state index contributed by atoms with van der Waals surface area (Å²) in [5.74, 6) is 0.427. The lowest BCUT2D eigenvalue weighted by Gasteiger charge is -2.35. The zero-order valence-electron chi connectivity index (χ0n) is 10.0. The molecule has 0 aromatic heterocycles. The molecule has 1 aliphatic heterocycles. The number of hydrogen-bond donors (Lipinski definition) is 0. The number of rotatable bonds is 4. The summed E-state index contributed by atoms with van der Waals surface area (Å²) in [4.78, 5) is 11.8. The molecule has 0 atom stereocenters. The second-order valence-electron chi connectivity index (χ2n) is 4.70. The molecule has 1 aliphatic rings. The number of aryl methyl sites for hydroxylation is 1. The average molecular weight is 335 g/mol. The van der Waals surface area contributed by atoms with Gasteiger partial charge in [-0.25, -0.2) is 0 Å². The standard InChI is InChI=1S/C13H12BrF3NO/c14-12-5-11(13(15,16)17)4-3-10(12)2-1-9-6-18(7-9)8-19/h3-5,9H,1-2,6-7H2. The molecule has 1 heterocycles. The Kier molecular flexibility index (Phi) is 4.18. The van der Waals surface area contributed by atoms with Crippen LogP contribution in [0.3, 0.4) is 0 Å². The largest absolute Gasteiger partial charge is 0.416 e. The summed E-state index contributed by atoms with van der Waals surface area (Å²) in [5, 5.41) is 0. The molecule has 1 radical (unpaired) electrons. The van der Waals surface area contributed by atoms with Gasteiger partial charge in [0.1, 0.15) is 0 Å². The number of halogens is 4. The summed E-state index contributed by atoms with van der Waals surface area (Å²) in [5.41, 5.74) is 0.218. The highest BCUT2D eigenvalue weighted by molar-refractivity contribution is 9.10. The maximum Gasteiger partial charge on any atom is 0.416 e. The van der Waals surface area contributed by atoms with Crippen LogP contribution in [0.4, 0.5) is 13.2 Å². The number of amides is 1. The van der Waals surface area contributed by atoms with E-state index in [0.717, 1.165) is 24.1 Å². The van der Waals surface area contributed by atoms with Crippen LogP contribution in [-0.2, 0) is 17.4 Å². The van der Waals surface area contributed by atoms with Crippen LogP contribution in [0.5, 0.6) is 0 Å². The molecule has 2 nitrogen and oxygen atoms in total. The Bertz CT molecular complexity index is 469. The molecule has 0 saturated carbocycles. The van der Waals surface area contributed by atoms with Gasteiger partial charge in [-0.1, -0.05) is 22.0 Å². The summed E-state index contributed by atoms with van der Waals surface area (Å²) in [6.45, 7) is 1.39. The van der Waals surface area contributed by atoms with Gasteiger partial charge in [-0.2, -0.15) is 13.2 Å². The molecule has 0 bridgehead atoms.